The standard InChI is InChI=1S/C21H23Br2NO5S/c1-21(2,9-10-28-18(26)12-30)19(16-11-14(23)5-8-17(16)25)29-20(27)24-15-6-3-13(22)4-7-15/h3-8,11,19,25,30H,9-10,12H2,1-2H3,(H,24,27)/t19-/m0/s1. The highest BCUT2D eigenvalue weighted by Crippen LogP contribution is 2.43. The smallest absolute Gasteiger partial charge is 0.412 e. The Morgan fingerprint density at radius 3 is 2.40 bits per heavy atom. The predicted octanol–water partition coefficient (Wildman–Crippen LogP) is 6.10. The number of ether oxygens (including phenoxy) is 2. The molecular formula is C21H23Br2NO5S. The average Bonchev–Trinajstić information content (AvgIpc) is 2.69. The maximum Gasteiger partial charge on any atom is 0.412 e. The maximum absolute atomic E-state index is 12.6. The molecule has 1 amide bonds. The van der Waals surface area contributed by atoms with Gasteiger partial charge in [-0.1, -0.05) is 45.7 Å². The Bertz CT molecular complexity index is 889. The molecule has 6 nitrogen and oxygen atoms in total. The molecule has 0 aliphatic rings. The van der Waals surface area contributed by atoms with Crippen LogP contribution < -0.4 is 5.32 Å². The number of halogens is 2. The van der Waals surface area contributed by atoms with Crippen LogP contribution in [0.1, 0.15) is 31.9 Å². The number of esters is 1. The molecule has 2 aromatic rings. The monoisotopic (exact) mass is 559 g/mol. The quantitative estimate of drug-likeness (QED) is 0.268. The normalized spacial score (nSPS) is 12.2. The average molecular weight is 561 g/mol. The van der Waals surface area contributed by atoms with Crippen LogP contribution in [0.5, 0.6) is 5.75 Å². The molecule has 0 heterocycles. The van der Waals surface area contributed by atoms with Crippen molar-refractivity contribution in [1.82, 2.24) is 0 Å². The first-order valence-corrected chi connectivity index (χ1v) is 11.3. The van der Waals surface area contributed by atoms with Crippen LogP contribution in [0.4, 0.5) is 10.5 Å². The SMILES string of the molecule is CC(C)(CCOC(=O)CS)[C@@H](OC(=O)Nc1ccc(Br)cc1)c1cc(Br)ccc1O. The number of benzene rings is 2. The van der Waals surface area contributed by atoms with Crippen molar-refractivity contribution in [3.8, 4) is 5.75 Å². The third-order valence-electron chi connectivity index (χ3n) is 4.44. The van der Waals surface area contributed by atoms with Crippen molar-refractivity contribution in [1.29, 1.82) is 0 Å². The largest absolute Gasteiger partial charge is 0.508 e. The number of hydrogen-bond donors (Lipinski definition) is 3. The van der Waals surface area contributed by atoms with E-state index in [1.165, 1.54) is 6.07 Å². The zero-order chi connectivity index (χ0) is 22.3. The predicted molar refractivity (Wildman–Crippen MR) is 126 cm³/mol. The summed E-state index contributed by atoms with van der Waals surface area (Å²) in [5.41, 5.74) is 0.355. The molecule has 0 bridgehead atoms. The number of carbonyl (C=O) groups is 2. The van der Waals surface area contributed by atoms with Crippen molar-refractivity contribution in [3.05, 3.63) is 57.0 Å². The summed E-state index contributed by atoms with van der Waals surface area (Å²) < 4.78 is 12.5. The first-order chi connectivity index (χ1) is 14.1. The molecule has 2 aromatic carbocycles. The van der Waals surface area contributed by atoms with E-state index in [1.807, 2.05) is 13.8 Å². The number of carbonyl (C=O) groups excluding carboxylic acids is 2. The topological polar surface area (TPSA) is 84.9 Å². The molecule has 2 rings (SSSR count). The fourth-order valence-corrected chi connectivity index (χ4v) is 3.51. The molecule has 1 atom stereocenters. The molecule has 0 fully saturated rings. The Kier molecular flexibility index (Phi) is 9.06. The molecule has 0 saturated heterocycles. The molecule has 9 heteroatoms. The van der Waals surface area contributed by atoms with E-state index in [0.29, 0.717) is 17.7 Å². The highest BCUT2D eigenvalue weighted by Gasteiger charge is 2.36. The van der Waals surface area contributed by atoms with Crippen LogP contribution in [0.3, 0.4) is 0 Å². The summed E-state index contributed by atoms with van der Waals surface area (Å²) in [6, 6.07) is 12.0. The number of aromatic hydroxyl groups is 1. The molecule has 0 saturated carbocycles. The Hall–Kier alpha value is -1.71. The minimum Gasteiger partial charge on any atom is -0.508 e. The molecule has 0 aliphatic carbocycles. The van der Waals surface area contributed by atoms with Crippen molar-refractivity contribution in [2.24, 2.45) is 5.41 Å². The number of rotatable bonds is 8. The lowest BCUT2D eigenvalue weighted by atomic mass is 9.79. The summed E-state index contributed by atoms with van der Waals surface area (Å²) in [6.45, 7) is 3.88. The lowest BCUT2D eigenvalue weighted by Crippen LogP contribution is -2.30. The number of anilines is 1. The van der Waals surface area contributed by atoms with Crippen molar-refractivity contribution < 1.29 is 24.2 Å². The summed E-state index contributed by atoms with van der Waals surface area (Å²) in [5.74, 6) is -0.438. The summed E-state index contributed by atoms with van der Waals surface area (Å²) in [5, 5.41) is 13.1. The van der Waals surface area contributed by atoms with Gasteiger partial charge in [-0.25, -0.2) is 4.79 Å². The van der Waals surface area contributed by atoms with Gasteiger partial charge in [0.2, 0.25) is 0 Å². The maximum atomic E-state index is 12.6. The van der Waals surface area contributed by atoms with E-state index in [1.54, 1.807) is 36.4 Å². The van der Waals surface area contributed by atoms with Gasteiger partial charge in [-0.3, -0.25) is 10.1 Å². The van der Waals surface area contributed by atoms with Gasteiger partial charge in [-0.2, -0.15) is 12.6 Å². The summed E-state index contributed by atoms with van der Waals surface area (Å²) >= 11 is 10.6. The molecule has 162 valence electrons. The van der Waals surface area contributed by atoms with Gasteiger partial charge in [-0.15, -0.1) is 0 Å². The second-order valence-electron chi connectivity index (χ2n) is 7.24. The molecule has 2 N–H and O–H groups in total. The highest BCUT2D eigenvalue weighted by atomic mass is 79.9. The second-order valence-corrected chi connectivity index (χ2v) is 9.39. The van der Waals surface area contributed by atoms with Crippen LogP contribution in [-0.2, 0) is 14.3 Å². The summed E-state index contributed by atoms with van der Waals surface area (Å²) in [4.78, 5) is 24.0. The zero-order valence-corrected chi connectivity index (χ0v) is 20.6. The third kappa shape index (κ3) is 7.21. The van der Waals surface area contributed by atoms with Crippen LogP contribution in [0.25, 0.3) is 0 Å². The fourth-order valence-electron chi connectivity index (χ4n) is 2.77. The lowest BCUT2D eigenvalue weighted by molar-refractivity contribution is -0.141. The molecular weight excluding hydrogens is 538 g/mol. The van der Waals surface area contributed by atoms with Gasteiger partial charge in [0.1, 0.15) is 11.9 Å². The summed E-state index contributed by atoms with van der Waals surface area (Å²) in [6.07, 6.45) is -1.07. The minimum atomic E-state index is -0.805. The number of hydrogen-bond acceptors (Lipinski definition) is 6. The van der Waals surface area contributed by atoms with Gasteiger partial charge in [0, 0.05) is 25.6 Å². The number of thiol groups is 1. The molecule has 0 spiro atoms. The van der Waals surface area contributed by atoms with Gasteiger partial charge in [-0.05, 0) is 48.9 Å². The first-order valence-electron chi connectivity index (χ1n) is 9.10. The van der Waals surface area contributed by atoms with Gasteiger partial charge >= 0.3 is 12.1 Å². The molecule has 30 heavy (non-hydrogen) atoms. The highest BCUT2D eigenvalue weighted by molar-refractivity contribution is 9.10. The Balaban J connectivity index is 2.24. The van der Waals surface area contributed by atoms with E-state index in [9.17, 15) is 14.7 Å². The van der Waals surface area contributed by atoms with Gasteiger partial charge in [0.05, 0.1) is 12.4 Å². The van der Waals surface area contributed by atoms with Gasteiger partial charge in [0.25, 0.3) is 0 Å². The Labute approximate surface area is 198 Å². The van der Waals surface area contributed by atoms with Crippen LogP contribution in [0.2, 0.25) is 0 Å². The number of phenolic OH excluding ortho intramolecular Hbond substituents is 1. The van der Waals surface area contributed by atoms with Gasteiger partial charge < -0.3 is 14.6 Å². The zero-order valence-electron chi connectivity index (χ0n) is 16.5. The second kappa shape index (κ2) is 11.1. The van der Waals surface area contributed by atoms with Crippen molar-refractivity contribution in [2.45, 2.75) is 26.4 Å². The van der Waals surface area contributed by atoms with Crippen LogP contribution in [0, 0.1) is 5.41 Å². The van der Waals surface area contributed by atoms with Crippen LogP contribution in [-0.4, -0.2) is 29.5 Å². The third-order valence-corrected chi connectivity index (χ3v) is 5.72. The number of nitrogens with one attached hydrogen (secondary N) is 1. The minimum absolute atomic E-state index is 0.0000645. The lowest BCUT2D eigenvalue weighted by Gasteiger charge is -2.34. The van der Waals surface area contributed by atoms with Gasteiger partial charge in [0.15, 0.2) is 0 Å². The number of phenols is 1. The van der Waals surface area contributed by atoms with E-state index in [0.717, 1.165) is 8.95 Å². The van der Waals surface area contributed by atoms with Crippen LogP contribution >= 0.6 is 44.5 Å². The van der Waals surface area contributed by atoms with E-state index in [-0.39, 0.29) is 18.1 Å². The Morgan fingerprint density at radius 2 is 1.77 bits per heavy atom. The van der Waals surface area contributed by atoms with Crippen LogP contribution in [0.15, 0.2) is 51.4 Å². The first kappa shape index (κ1) is 24.6. The Morgan fingerprint density at radius 1 is 1.13 bits per heavy atom. The van der Waals surface area contributed by atoms with E-state index < -0.39 is 23.6 Å². The molecule has 0 aromatic heterocycles. The summed E-state index contributed by atoms with van der Waals surface area (Å²) in [7, 11) is 0. The fraction of sp³-hybridized carbons (Fsp3) is 0.333. The van der Waals surface area contributed by atoms with Crippen molar-refractivity contribution in [3.63, 3.8) is 0 Å². The van der Waals surface area contributed by atoms with E-state index >= 15 is 0 Å². The molecule has 0 aliphatic heterocycles. The molecule has 0 radical (unpaired) electrons. The molecule has 0 unspecified atom stereocenters. The van der Waals surface area contributed by atoms with E-state index in [2.05, 4.69) is 49.8 Å². The van der Waals surface area contributed by atoms with Crippen molar-refractivity contribution >= 4 is 62.2 Å². The van der Waals surface area contributed by atoms with Crippen molar-refractivity contribution in [2.75, 3.05) is 17.7 Å². The number of amides is 1. The van der Waals surface area contributed by atoms with E-state index in [4.69, 9.17) is 9.47 Å².